The summed E-state index contributed by atoms with van der Waals surface area (Å²) in [5, 5.41) is 21.8. The number of hydrogen-bond donors (Lipinski definition) is 2. The van der Waals surface area contributed by atoms with Crippen molar-refractivity contribution in [3.8, 4) is 22.6 Å². The van der Waals surface area contributed by atoms with E-state index in [1.165, 1.54) is 38.5 Å². The van der Waals surface area contributed by atoms with Crippen molar-refractivity contribution < 1.29 is 14.6 Å². The minimum absolute atomic E-state index is 0.0985. The third-order valence-corrected chi connectivity index (χ3v) is 10.2. The number of piperazine rings is 1. The lowest BCUT2D eigenvalue weighted by molar-refractivity contribution is -0.0503. The smallest absolute Gasteiger partial charge is 0.271 e. The van der Waals surface area contributed by atoms with Gasteiger partial charge in [-0.15, -0.1) is 10.2 Å². The van der Waals surface area contributed by atoms with Gasteiger partial charge in [0.2, 0.25) is 0 Å². The predicted octanol–water partition coefficient (Wildman–Crippen LogP) is 5.13. The van der Waals surface area contributed by atoms with E-state index in [9.17, 15) is 9.90 Å². The first-order valence-corrected chi connectivity index (χ1v) is 15.5. The Morgan fingerprint density at radius 2 is 1.64 bits per heavy atom. The Labute approximate surface area is 248 Å². The average molecular weight is 568 g/mol. The lowest BCUT2D eigenvalue weighted by Crippen LogP contribution is -2.51. The Kier molecular flexibility index (Phi) is 7.26. The Bertz CT molecular complexity index is 1400. The minimum atomic E-state index is -0.0985. The molecule has 8 nitrogen and oxygen atoms in total. The van der Waals surface area contributed by atoms with Crippen LogP contribution in [0.3, 0.4) is 0 Å². The monoisotopic (exact) mass is 567 g/mol. The molecule has 2 N–H and O–H groups in total. The molecule has 0 unspecified atom stereocenters. The highest BCUT2D eigenvalue weighted by Gasteiger charge is 2.50. The van der Waals surface area contributed by atoms with Gasteiger partial charge in [0.1, 0.15) is 11.5 Å². The number of ether oxygens (including phenoxy) is 1. The van der Waals surface area contributed by atoms with Crippen LogP contribution >= 0.6 is 0 Å². The van der Waals surface area contributed by atoms with Crippen molar-refractivity contribution in [1.29, 1.82) is 0 Å². The molecular weight excluding hydrogens is 526 g/mol. The second-order valence-corrected chi connectivity index (χ2v) is 13.2. The summed E-state index contributed by atoms with van der Waals surface area (Å²) in [5.74, 6) is 4.46. The number of hydrogen-bond acceptors (Lipinski definition) is 7. The summed E-state index contributed by atoms with van der Waals surface area (Å²) >= 11 is 0. The number of anilines is 1. The summed E-state index contributed by atoms with van der Waals surface area (Å²) < 4.78 is 5.73. The van der Waals surface area contributed by atoms with Crippen molar-refractivity contribution in [2.45, 2.75) is 45.1 Å². The highest BCUT2D eigenvalue weighted by molar-refractivity contribution is 5.92. The van der Waals surface area contributed by atoms with Crippen LogP contribution in [0.2, 0.25) is 0 Å². The van der Waals surface area contributed by atoms with Crippen molar-refractivity contribution in [3.63, 3.8) is 0 Å². The lowest BCUT2D eigenvalue weighted by atomic mass is 9.49. The number of phenols is 1. The number of nitrogens with one attached hydrogen (secondary N) is 1. The average Bonchev–Trinajstić information content (AvgIpc) is 3.00. The summed E-state index contributed by atoms with van der Waals surface area (Å²) in [7, 11) is 1.70. The van der Waals surface area contributed by atoms with Crippen molar-refractivity contribution in [3.05, 3.63) is 65.9 Å². The number of rotatable bonds is 8. The van der Waals surface area contributed by atoms with E-state index < -0.39 is 0 Å². The van der Waals surface area contributed by atoms with Gasteiger partial charge < -0.3 is 20.1 Å². The van der Waals surface area contributed by atoms with E-state index in [0.717, 1.165) is 85.3 Å². The Balaban J connectivity index is 0.917. The Morgan fingerprint density at radius 1 is 0.929 bits per heavy atom. The molecule has 4 saturated carbocycles. The van der Waals surface area contributed by atoms with Crippen LogP contribution in [0.4, 0.5) is 5.82 Å². The molecular formula is C34H41N5O3. The third-order valence-electron chi connectivity index (χ3n) is 10.2. The quantitative estimate of drug-likeness (QED) is 0.390. The molecule has 3 aromatic rings. The van der Waals surface area contributed by atoms with Gasteiger partial charge in [0.15, 0.2) is 11.5 Å². The summed E-state index contributed by atoms with van der Waals surface area (Å²) in [6, 6.07) is 17.3. The van der Waals surface area contributed by atoms with Gasteiger partial charge in [-0.25, -0.2) is 0 Å². The predicted molar refractivity (Wildman–Crippen MR) is 163 cm³/mol. The number of nitrogens with zero attached hydrogens (tertiary/aromatic N) is 4. The van der Waals surface area contributed by atoms with Crippen molar-refractivity contribution in [1.82, 2.24) is 20.4 Å². The number of methoxy groups -OCH3 is 1. The maximum Gasteiger partial charge on any atom is 0.271 e. The minimum Gasteiger partial charge on any atom is -0.508 e. The second kappa shape index (κ2) is 11.2. The van der Waals surface area contributed by atoms with Crippen LogP contribution in [0.1, 0.15) is 54.6 Å². The van der Waals surface area contributed by atoms with Crippen LogP contribution in [0.5, 0.6) is 11.5 Å². The van der Waals surface area contributed by atoms with Crippen LogP contribution in [-0.4, -0.2) is 65.9 Å². The number of phenolic OH excluding ortho intramolecular Hbond substituents is 1. The topological polar surface area (TPSA) is 90.8 Å². The van der Waals surface area contributed by atoms with E-state index in [4.69, 9.17) is 4.74 Å². The molecule has 0 spiro atoms. The molecule has 2 aromatic carbocycles. The van der Waals surface area contributed by atoms with Crippen molar-refractivity contribution in [2.75, 3.05) is 44.7 Å². The molecule has 5 aliphatic rings. The first kappa shape index (κ1) is 27.2. The van der Waals surface area contributed by atoms with Gasteiger partial charge in [-0.05, 0) is 103 Å². The fraction of sp³-hybridized carbons (Fsp3) is 0.500. The number of amides is 1. The van der Waals surface area contributed by atoms with Gasteiger partial charge in [0.25, 0.3) is 5.91 Å². The highest BCUT2D eigenvalue weighted by atomic mass is 16.5. The van der Waals surface area contributed by atoms with Gasteiger partial charge in [0.05, 0.1) is 7.11 Å². The molecule has 1 saturated heterocycles. The van der Waals surface area contributed by atoms with E-state index in [-0.39, 0.29) is 11.7 Å². The van der Waals surface area contributed by atoms with E-state index >= 15 is 0 Å². The number of carbonyl (C=O) groups is 1. The van der Waals surface area contributed by atoms with Gasteiger partial charge in [0, 0.05) is 44.8 Å². The zero-order valence-electron chi connectivity index (χ0n) is 24.5. The zero-order valence-corrected chi connectivity index (χ0v) is 24.5. The zero-order chi connectivity index (χ0) is 28.7. The van der Waals surface area contributed by atoms with E-state index in [2.05, 4.69) is 37.4 Å². The van der Waals surface area contributed by atoms with E-state index in [0.29, 0.717) is 11.1 Å². The Morgan fingerprint density at radius 3 is 2.29 bits per heavy atom. The molecule has 42 heavy (non-hydrogen) atoms. The molecule has 1 aromatic heterocycles. The molecule has 8 rings (SSSR count). The van der Waals surface area contributed by atoms with E-state index in [1.54, 1.807) is 19.2 Å². The van der Waals surface area contributed by atoms with Crippen LogP contribution in [0.15, 0.2) is 54.6 Å². The number of aromatic hydroxyl groups is 1. The SMILES string of the molecule is COc1cc(-c2cccc(O)c2)ccc1CN1CCN(c2ccc(C(=O)NCC34CC5CC(CC(C5)C3)C4)nn2)CC1. The maximum absolute atomic E-state index is 13.0. The van der Waals surface area contributed by atoms with Crippen LogP contribution in [0.25, 0.3) is 11.1 Å². The largest absolute Gasteiger partial charge is 0.508 e. The molecule has 1 aliphatic heterocycles. The molecule has 1 amide bonds. The molecule has 5 fully saturated rings. The number of aromatic nitrogens is 2. The second-order valence-electron chi connectivity index (χ2n) is 13.2. The molecule has 4 aliphatic carbocycles. The van der Waals surface area contributed by atoms with Gasteiger partial charge in [-0.1, -0.05) is 24.3 Å². The maximum atomic E-state index is 13.0. The first-order chi connectivity index (χ1) is 20.4. The standard InChI is InChI=1S/C34H41N5O3/c1-42-31-17-27(26-3-2-4-29(40)16-26)5-6-28(31)21-38-9-11-39(12-10-38)32-8-7-30(36-37-32)33(41)35-22-34-18-23-13-24(19-34)15-25(14-23)20-34/h2-8,16-17,23-25,40H,9-15,18-22H2,1H3,(H,35,41). The summed E-state index contributed by atoms with van der Waals surface area (Å²) in [6.07, 6.45) is 8.10. The summed E-state index contributed by atoms with van der Waals surface area (Å²) in [4.78, 5) is 17.6. The van der Waals surface area contributed by atoms with E-state index in [1.807, 2.05) is 30.3 Å². The molecule has 8 heteroatoms. The van der Waals surface area contributed by atoms with Crippen molar-refractivity contribution >= 4 is 11.7 Å². The highest BCUT2D eigenvalue weighted by Crippen LogP contribution is 2.59. The van der Waals surface area contributed by atoms with Gasteiger partial charge in [-0.3, -0.25) is 9.69 Å². The van der Waals surface area contributed by atoms with Crippen LogP contribution in [-0.2, 0) is 6.54 Å². The first-order valence-electron chi connectivity index (χ1n) is 15.5. The fourth-order valence-corrected chi connectivity index (χ4v) is 8.60. The normalized spacial score (nSPS) is 26.8. The van der Waals surface area contributed by atoms with Gasteiger partial charge >= 0.3 is 0 Å². The molecule has 220 valence electrons. The molecule has 2 heterocycles. The van der Waals surface area contributed by atoms with Crippen LogP contribution < -0.4 is 15.0 Å². The fourth-order valence-electron chi connectivity index (χ4n) is 8.60. The summed E-state index contributed by atoms with van der Waals surface area (Å²) in [5.41, 5.74) is 3.83. The van der Waals surface area contributed by atoms with Crippen LogP contribution in [0, 0.1) is 23.2 Å². The lowest BCUT2D eigenvalue weighted by Gasteiger charge is -2.56. The molecule has 0 radical (unpaired) electrons. The van der Waals surface area contributed by atoms with Crippen molar-refractivity contribution in [2.24, 2.45) is 23.2 Å². The molecule has 4 bridgehead atoms. The molecule has 0 atom stereocenters. The third kappa shape index (κ3) is 5.56. The number of benzene rings is 2. The summed E-state index contributed by atoms with van der Waals surface area (Å²) in [6.45, 7) is 5.06. The number of carbonyl (C=O) groups excluding carboxylic acids is 1. The van der Waals surface area contributed by atoms with Gasteiger partial charge in [-0.2, -0.15) is 0 Å². The Hall–Kier alpha value is -3.65.